The van der Waals surface area contributed by atoms with E-state index < -0.39 is 0 Å². The van der Waals surface area contributed by atoms with Gasteiger partial charge in [-0.1, -0.05) is 0 Å². The third-order valence-electron chi connectivity index (χ3n) is 3.37. The van der Waals surface area contributed by atoms with Gasteiger partial charge in [-0.3, -0.25) is 9.36 Å². The van der Waals surface area contributed by atoms with Crippen LogP contribution in [-0.2, 0) is 26.2 Å². The highest BCUT2D eigenvalue weighted by Crippen LogP contribution is 2.08. The molecule has 0 aliphatic heterocycles. The Morgan fingerprint density at radius 3 is 1.60 bits per heavy atom. The van der Waals surface area contributed by atoms with Gasteiger partial charge in [-0.15, -0.1) is 12.4 Å². The van der Waals surface area contributed by atoms with Crippen LogP contribution in [0.3, 0.4) is 0 Å². The molecule has 0 bridgehead atoms. The second-order valence-electron chi connectivity index (χ2n) is 4.79. The molecule has 2 aromatic heterocycles. The van der Waals surface area contributed by atoms with Crippen LogP contribution in [0.2, 0.25) is 0 Å². The summed E-state index contributed by atoms with van der Waals surface area (Å²) in [6.45, 7) is 11.9. The minimum atomic E-state index is 0. The molecule has 0 aromatic carbocycles. The topological polar surface area (TPSA) is 47.7 Å². The SMILES string of the molecule is CCn1cc(CNCc2cn(CC)nc2C)c(C)n1.Cl. The molecule has 2 rings (SSSR count). The lowest BCUT2D eigenvalue weighted by Gasteiger charge is -2.02. The van der Waals surface area contributed by atoms with Crippen LogP contribution in [-0.4, -0.2) is 19.6 Å². The Morgan fingerprint density at radius 2 is 1.30 bits per heavy atom. The van der Waals surface area contributed by atoms with Crippen molar-refractivity contribution in [2.24, 2.45) is 0 Å². The molecular formula is C14H24ClN5. The van der Waals surface area contributed by atoms with Gasteiger partial charge in [-0.25, -0.2) is 0 Å². The molecule has 0 fully saturated rings. The first kappa shape index (κ1) is 16.7. The first-order valence-electron chi connectivity index (χ1n) is 6.90. The number of nitrogens with one attached hydrogen (secondary N) is 1. The van der Waals surface area contributed by atoms with Crippen LogP contribution in [0.5, 0.6) is 0 Å². The smallest absolute Gasteiger partial charge is 0.0638 e. The fourth-order valence-electron chi connectivity index (χ4n) is 2.12. The van der Waals surface area contributed by atoms with Gasteiger partial charge in [0.1, 0.15) is 0 Å². The van der Waals surface area contributed by atoms with Gasteiger partial charge >= 0.3 is 0 Å². The third kappa shape index (κ3) is 3.84. The van der Waals surface area contributed by atoms with Crippen LogP contribution >= 0.6 is 12.4 Å². The van der Waals surface area contributed by atoms with E-state index in [1.54, 1.807) is 0 Å². The van der Waals surface area contributed by atoms with Crippen molar-refractivity contribution in [1.82, 2.24) is 24.9 Å². The Balaban J connectivity index is 0.00000200. The van der Waals surface area contributed by atoms with Crippen LogP contribution in [0.25, 0.3) is 0 Å². The molecule has 0 aliphatic rings. The van der Waals surface area contributed by atoms with Crippen molar-refractivity contribution in [1.29, 1.82) is 0 Å². The lowest BCUT2D eigenvalue weighted by Crippen LogP contribution is -2.13. The largest absolute Gasteiger partial charge is 0.308 e. The zero-order chi connectivity index (χ0) is 13.8. The summed E-state index contributed by atoms with van der Waals surface area (Å²) >= 11 is 0. The predicted molar refractivity (Wildman–Crippen MR) is 83.1 cm³/mol. The van der Waals surface area contributed by atoms with Gasteiger partial charge in [-0.05, 0) is 27.7 Å². The fraction of sp³-hybridized carbons (Fsp3) is 0.571. The monoisotopic (exact) mass is 297 g/mol. The van der Waals surface area contributed by atoms with E-state index in [1.165, 1.54) is 11.1 Å². The Labute approximate surface area is 126 Å². The molecule has 0 spiro atoms. The van der Waals surface area contributed by atoms with Crippen LogP contribution < -0.4 is 5.32 Å². The molecule has 2 heterocycles. The normalized spacial score (nSPS) is 10.6. The van der Waals surface area contributed by atoms with E-state index in [9.17, 15) is 0 Å². The molecule has 0 amide bonds. The van der Waals surface area contributed by atoms with E-state index in [0.29, 0.717) is 0 Å². The summed E-state index contributed by atoms with van der Waals surface area (Å²) in [5.41, 5.74) is 4.75. The van der Waals surface area contributed by atoms with E-state index in [0.717, 1.165) is 37.6 Å². The number of halogens is 1. The van der Waals surface area contributed by atoms with E-state index in [2.05, 4.69) is 55.6 Å². The van der Waals surface area contributed by atoms with Crippen molar-refractivity contribution in [3.63, 3.8) is 0 Å². The summed E-state index contributed by atoms with van der Waals surface area (Å²) < 4.78 is 3.96. The molecule has 0 saturated carbocycles. The molecule has 2 aromatic rings. The van der Waals surface area contributed by atoms with Crippen molar-refractivity contribution in [2.75, 3.05) is 0 Å². The van der Waals surface area contributed by atoms with Gasteiger partial charge < -0.3 is 5.32 Å². The summed E-state index contributed by atoms with van der Waals surface area (Å²) in [6.07, 6.45) is 4.23. The fourth-order valence-corrected chi connectivity index (χ4v) is 2.12. The molecule has 20 heavy (non-hydrogen) atoms. The number of aryl methyl sites for hydroxylation is 4. The minimum Gasteiger partial charge on any atom is -0.308 e. The van der Waals surface area contributed by atoms with E-state index in [-0.39, 0.29) is 12.4 Å². The van der Waals surface area contributed by atoms with E-state index in [1.807, 2.05) is 9.36 Å². The molecular weight excluding hydrogens is 274 g/mol. The minimum absolute atomic E-state index is 0. The molecule has 112 valence electrons. The summed E-state index contributed by atoms with van der Waals surface area (Å²) in [5, 5.41) is 12.4. The molecule has 6 heteroatoms. The lowest BCUT2D eigenvalue weighted by molar-refractivity contribution is 0.650. The van der Waals surface area contributed by atoms with Gasteiger partial charge in [0, 0.05) is 49.7 Å². The molecule has 0 atom stereocenters. The Morgan fingerprint density at radius 1 is 0.900 bits per heavy atom. The molecule has 0 saturated heterocycles. The maximum absolute atomic E-state index is 4.45. The maximum atomic E-state index is 4.45. The van der Waals surface area contributed by atoms with Crippen LogP contribution in [0.1, 0.15) is 36.4 Å². The molecule has 0 aliphatic carbocycles. The highest BCUT2D eigenvalue weighted by Gasteiger charge is 2.06. The number of nitrogens with zero attached hydrogens (tertiary/aromatic N) is 4. The molecule has 1 N–H and O–H groups in total. The van der Waals surface area contributed by atoms with Gasteiger partial charge in [0.15, 0.2) is 0 Å². The number of hydrogen-bond acceptors (Lipinski definition) is 3. The predicted octanol–water partition coefficient (Wildman–Crippen LogP) is 2.45. The molecule has 0 unspecified atom stereocenters. The van der Waals surface area contributed by atoms with Gasteiger partial charge in [0.2, 0.25) is 0 Å². The van der Waals surface area contributed by atoms with Crippen molar-refractivity contribution in [2.45, 2.75) is 53.9 Å². The van der Waals surface area contributed by atoms with Crippen molar-refractivity contribution >= 4 is 12.4 Å². The third-order valence-corrected chi connectivity index (χ3v) is 3.37. The quantitative estimate of drug-likeness (QED) is 0.891. The van der Waals surface area contributed by atoms with E-state index in [4.69, 9.17) is 0 Å². The van der Waals surface area contributed by atoms with Crippen LogP contribution in [0.15, 0.2) is 12.4 Å². The zero-order valence-electron chi connectivity index (χ0n) is 12.7. The number of rotatable bonds is 6. The van der Waals surface area contributed by atoms with Crippen molar-refractivity contribution in [3.8, 4) is 0 Å². The Kier molecular flexibility index (Phi) is 6.23. The first-order chi connectivity index (χ1) is 9.13. The number of aromatic nitrogens is 4. The Hall–Kier alpha value is -1.33. The second-order valence-corrected chi connectivity index (χ2v) is 4.79. The molecule has 5 nitrogen and oxygen atoms in total. The van der Waals surface area contributed by atoms with Gasteiger partial charge in [0.05, 0.1) is 11.4 Å². The summed E-state index contributed by atoms with van der Waals surface area (Å²) in [4.78, 5) is 0. The zero-order valence-corrected chi connectivity index (χ0v) is 13.5. The van der Waals surface area contributed by atoms with Gasteiger partial charge in [-0.2, -0.15) is 10.2 Å². The van der Waals surface area contributed by atoms with E-state index >= 15 is 0 Å². The molecule has 0 radical (unpaired) electrons. The Bertz CT molecular complexity index is 496. The van der Waals surface area contributed by atoms with Gasteiger partial charge in [0.25, 0.3) is 0 Å². The average molecular weight is 298 g/mol. The number of hydrogen-bond donors (Lipinski definition) is 1. The average Bonchev–Trinajstić information content (AvgIpc) is 2.94. The summed E-state index contributed by atoms with van der Waals surface area (Å²) in [7, 11) is 0. The van der Waals surface area contributed by atoms with Crippen LogP contribution in [0.4, 0.5) is 0 Å². The summed E-state index contributed by atoms with van der Waals surface area (Å²) in [5.74, 6) is 0. The van der Waals surface area contributed by atoms with Crippen LogP contribution in [0, 0.1) is 13.8 Å². The standard InChI is InChI=1S/C14H23N5.ClH/c1-5-18-9-13(11(3)16-18)7-15-8-14-10-19(6-2)17-12(14)4;/h9-10,15H,5-8H2,1-4H3;1H. The maximum Gasteiger partial charge on any atom is 0.0638 e. The highest BCUT2D eigenvalue weighted by molar-refractivity contribution is 5.85. The van der Waals surface area contributed by atoms with Crippen molar-refractivity contribution < 1.29 is 0 Å². The summed E-state index contributed by atoms with van der Waals surface area (Å²) in [6, 6.07) is 0. The van der Waals surface area contributed by atoms with Crippen molar-refractivity contribution in [3.05, 3.63) is 34.9 Å². The highest BCUT2D eigenvalue weighted by atomic mass is 35.5. The lowest BCUT2D eigenvalue weighted by atomic mass is 10.2. The first-order valence-corrected chi connectivity index (χ1v) is 6.90. The second kappa shape index (κ2) is 7.45.